The lowest BCUT2D eigenvalue weighted by Gasteiger charge is -2.27. The summed E-state index contributed by atoms with van der Waals surface area (Å²) in [7, 11) is 0. The third-order valence-electron chi connectivity index (χ3n) is 4.68. The van der Waals surface area contributed by atoms with Crippen LogP contribution in [0.1, 0.15) is 52.4 Å². The molecule has 0 aromatic rings. The molecule has 2 nitrogen and oxygen atoms in total. The van der Waals surface area contributed by atoms with Crippen molar-refractivity contribution < 1.29 is 9.78 Å². The van der Waals surface area contributed by atoms with Crippen LogP contribution < -0.4 is 0 Å². The van der Waals surface area contributed by atoms with Gasteiger partial charge in [-0.1, -0.05) is 55.5 Å². The molecule has 122 valence electrons. The molecule has 0 N–H and O–H groups in total. The van der Waals surface area contributed by atoms with Crippen LogP contribution in [-0.2, 0) is 9.78 Å². The Labute approximate surface area is 135 Å². The van der Waals surface area contributed by atoms with Crippen molar-refractivity contribution in [3.05, 3.63) is 48.6 Å². The molecule has 2 rings (SSSR count). The SMILES string of the molecule is C=C/C=C(\C)CCC/C=C/C1[C@@H](C/C=C\CC)[C@@H]2C[C@H]1OO2. The van der Waals surface area contributed by atoms with Crippen molar-refractivity contribution in [2.75, 3.05) is 0 Å². The minimum absolute atomic E-state index is 0.267. The van der Waals surface area contributed by atoms with E-state index in [1.165, 1.54) is 12.0 Å². The number of allylic oxidation sites excluding steroid dienone is 6. The molecule has 2 heteroatoms. The smallest absolute Gasteiger partial charge is 0.102 e. The predicted molar refractivity (Wildman–Crippen MR) is 92.3 cm³/mol. The maximum Gasteiger partial charge on any atom is 0.102 e. The van der Waals surface area contributed by atoms with E-state index in [4.69, 9.17) is 9.78 Å². The summed E-state index contributed by atoms with van der Waals surface area (Å²) in [6.07, 6.45) is 20.5. The zero-order valence-corrected chi connectivity index (χ0v) is 14.0. The van der Waals surface area contributed by atoms with Gasteiger partial charge in [0.2, 0.25) is 0 Å². The lowest BCUT2D eigenvalue weighted by molar-refractivity contribution is -0.336. The summed E-state index contributed by atoms with van der Waals surface area (Å²) in [5, 5.41) is 0. The second-order valence-corrected chi connectivity index (χ2v) is 6.43. The second kappa shape index (κ2) is 9.12. The highest BCUT2D eigenvalue weighted by Gasteiger charge is 2.48. The van der Waals surface area contributed by atoms with Gasteiger partial charge in [-0.2, -0.15) is 0 Å². The van der Waals surface area contributed by atoms with E-state index >= 15 is 0 Å². The first-order valence-corrected chi connectivity index (χ1v) is 8.68. The first-order chi connectivity index (χ1) is 10.8. The number of hydrogen-bond donors (Lipinski definition) is 0. The summed E-state index contributed by atoms with van der Waals surface area (Å²) in [5.74, 6) is 1.10. The van der Waals surface area contributed by atoms with Crippen molar-refractivity contribution in [2.24, 2.45) is 11.8 Å². The van der Waals surface area contributed by atoms with Crippen molar-refractivity contribution in [3.8, 4) is 0 Å². The average Bonchev–Trinajstić information content (AvgIpc) is 3.09. The zero-order valence-electron chi connectivity index (χ0n) is 14.0. The molecule has 0 aromatic carbocycles. The van der Waals surface area contributed by atoms with Crippen molar-refractivity contribution in [2.45, 2.75) is 64.6 Å². The Morgan fingerprint density at radius 2 is 2.00 bits per heavy atom. The molecule has 2 bridgehead atoms. The van der Waals surface area contributed by atoms with E-state index in [1.54, 1.807) is 0 Å². The van der Waals surface area contributed by atoms with Crippen LogP contribution in [-0.4, -0.2) is 12.2 Å². The van der Waals surface area contributed by atoms with E-state index in [2.05, 4.69) is 50.8 Å². The summed E-state index contributed by atoms with van der Waals surface area (Å²) in [4.78, 5) is 10.9. The molecular formula is C20H30O2. The van der Waals surface area contributed by atoms with Gasteiger partial charge in [0.15, 0.2) is 0 Å². The normalized spacial score (nSPS) is 31.6. The zero-order chi connectivity index (χ0) is 15.8. The molecule has 4 atom stereocenters. The molecule has 2 fully saturated rings. The Morgan fingerprint density at radius 1 is 1.18 bits per heavy atom. The van der Waals surface area contributed by atoms with Gasteiger partial charge in [-0.3, -0.25) is 0 Å². The van der Waals surface area contributed by atoms with E-state index in [0.29, 0.717) is 17.9 Å². The molecule has 1 saturated carbocycles. The summed E-state index contributed by atoms with van der Waals surface area (Å²) in [6, 6.07) is 0. The summed E-state index contributed by atoms with van der Waals surface area (Å²) >= 11 is 0. The highest BCUT2D eigenvalue weighted by molar-refractivity contribution is 5.09. The van der Waals surface area contributed by atoms with Crippen LogP contribution in [0.2, 0.25) is 0 Å². The third kappa shape index (κ3) is 4.69. The van der Waals surface area contributed by atoms with Crippen LogP contribution in [0.15, 0.2) is 48.6 Å². The maximum absolute atomic E-state index is 5.43. The highest BCUT2D eigenvalue weighted by atomic mass is 17.2. The highest BCUT2D eigenvalue weighted by Crippen LogP contribution is 2.44. The van der Waals surface area contributed by atoms with Crippen molar-refractivity contribution in [1.82, 2.24) is 0 Å². The van der Waals surface area contributed by atoms with Crippen LogP contribution in [0.25, 0.3) is 0 Å². The molecule has 2 aliphatic rings. The van der Waals surface area contributed by atoms with Crippen LogP contribution in [0.4, 0.5) is 0 Å². The number of hydrogen-bond acceptors (Lipinski definition) is 2. The van der Waals surface area contributed by atoms with Gasteiger partial charge < -0.3 is 0 Å². The molecule has 1 saturated heterocycles. The summed E-state index contributed by atoms with van der Waals surface area (Å²) in [6.45, 7) is 8.08. The Balaban J connectivity index is 1.79. The fraction of sp³-hybridized carbons (Fsp3) is 0.600. The minimum Gasteiger partial charge on any atom is -0.233 e. The van der Waals surface area contributed by atoms with Gasteiger partial charge in [-0.05, 0) is 39.0 Å². The third-order valence-corrected chi connectivity index (χ3v) is 4.68. The largest absolute Gasteiger partial charge is 0.233 e. The van der Waals surface area contributed by atoms with E-state index in [1.807, 2.05) is 6.08 Å². The van der Waals surface area contributed by atoms with Gasteiger partial charge in [0.25, 0.3) is 0 Å². The van der Waals surface area contributed by atoms with Gasteiger partial charge in [-0.25, -0.2) is 9.78 Å². The fourth-order valence-corrected chi connectivity index (χ4v) is 3.47. The Kier molecular flexibility index (Phi) is 7.14. The Morgan fingerprint density at radius 3 is 2.77 bits per heavy atom. The molecule has 0 radical (unpaired) electrons. The van der Waals surface area contributed by atoms with Gasteiger partial charge in [0.1, 0.15) is 6.10 Å². The van der Waals surface area contributed by atoms with E-state index in [-0.39, 0.29) is 6.10 Å². The van der Waals surface area contributed by atoms with Crippen molar-refractivity contribution >= 4 is 0 Å². The minimum atomic E-state index is 0.267. The topological polar surface area (TPSA) is 18.5 Å². The van der Waals surface area contributed by atoms with Gasteiger partial charge in [0, 0.05) is 18.3 Å². The Bertz CT molecular complexity index is 433. The van der Waals surface area contributed by atoms with Crippen LogP contribution >= 0.6 is 0 Å². The van der Waals surface area contributed by atoms with Crippen LogP contribution in [0.3, 0.4) is 0 Å². The summed E-state index contributed by atoms with van der Waals surface area (Å²) < 4.78 is 0. The van der Waals surface area contributed by atoms with Crippen molar-refractivity contribution in [3.63, 3.8) is 0 Å². The Hall–Kier alpha value is -1.12. The summed E-state index contributed by atoms with van der Waals surface area (Å²) in [5.41, 5.74) is 1.41. The quantitative estimate of drug-likeness (QED) is 0.241. The molecule has 22 heavy (non-hydrogen) atoms. The standard InChI is InChI=1S/C20H30O2/c1-4-6-8-13-17-18(20-15-19(17)21-22-20)14-10-7-9-12-16(3)11-5-2/h5-6,8,10-11,14,17-20H,2,4,7,9,12-13,15H2,1,3H3/b8-6-,14-10+,16-11+/t17-,18?,19+,20-/m1/s1. The first kappa shape index (κ1) is 17.2. The molecule has 0 amide bonds. The second-order valence-electron chi connectivity index (χ2n) is 6.43. The molecule has 1 aliphatic heterocycles. The fourth-order valence-electron chi connectivity index (χ4n) is 3.47. The molecule has 1 aliphatic carbocycles. The van der Waals surface area contributed by atoms with Crippen LogP contribution in [0.5, 0.6) is 0 Å². The van der Waals surface area contributed by atoms with Crippen molar-refractivity contribution in [1.29, 1.82) is 0 Å². The molecule has 0 spiro atoms. The number of rotatable bonds is 9. The first-order valence-electron chi connectivity index (χ1n) is 8.68. The molecule has 0 aromatic heterocycles. The van der Waals surface area contributed by atoms with Gasteiger partial charge in [0.05, 0.1) is 6.10 Å². The van der Waals surface area contributed by atoms with E-state index in [0.717, 1.165) is 32.1 Å². The lowest BCUT2D eigenvalue weighted by atomic mass is 9.89. The number of unbranched alkanes of at least 4 members (excludes halogenated alkanes) is 1. The van der Waals surface area contributed by atoms with E-state index < -0.39 is 0 Å². The maximum atomic E-state index is 5.43. The molecule has 1 unspecified atom stereocenters. The van der Waals surface area contributed by atoms with Gasteiger partial charge in [-0.15, -0.1) is 0 Å². The molecular weight excluding hydrogens is 272 g/mol. The predicted octanol–water partition coefficient (Wildman–Crippen LogP) is 5.54. The molecule has 1 heterocycles. The average molecular weight is 302 g/mol. The van der Waals surface area contributed by atoms with Gasteiger partial charge >= 0.3 is 0 Å². The van der Waals surface area contributed by atoms with Crippen LogP contribution in [0, 0.1) is 11.8 Å². The van der Waals surface area contributed by atoms with E-state index in [9.17, 15) is 0 Å². The monoisotopic (exact) mass is 302 g/mol. The lowest BCUT2D eigenvalue weighted by Crippen LogP contribution is -2.28. The number of fused-ring (bicyclic) bond motifs is 2.